The van der Waals surface area contributed by atoms with Gasteiger partial charge in [-0.1, -0.05) is 13.8 Å². The van der Waals surface area contributed by atoms with Crippen LogP contribution in [-0.2, 0) is 0 Å². The lowest BCUT2D eigenvalue weighted by Gasteiger charge is -2.16. The molecule has 0 heterocycles. The Labute approximate surface area is 83.9 Å². The highest BCUT2D eigenvalue weighted by Gasteiger charge is 2.12. The van der Waals surface area contributed by atoms with E-state index in [9.17, 15) is 4.39 Å². The lowest BCUT2D eigenvalue weighted by molar-refractivity contribution is 0.408. The first-order chi connectivity index (χ1) is 6.54. The first-order valence-electron chi connectivity index (χ1n) is 4.64. The van der Waals surface area contributed by atoms with Crippen LogP contribution < -0.4 is 10.5 Å². The van der Waals surface area contributed by atoms with E-state index >= 15 is 0 Å². The predicted octanol–water partition coefficient (Wildman–Crippen LogP) is 2.49. The summed E-state index contributed by atoms with van der Waals surface area (Å²) in [6.45, 7) is 4.00. The highest BCUT2D eigenvalue weighted by atomic mass is 19.1. The van der Waals surface area contributed by atoms with Gasteiger partial charge in [-0.3, -0.25) is 0 Å². The van der Waals surface area contributed by atoms with E-state index in [0.29, 0.717) is 5.75 Å². The van der Waals surface area contributed by atoms with Crippen molar-refractivity contribution in [3.8, 4) is 5.75 Å². The number of rotatable bonds is 3. The van der Waals surface area contributed by atoms with Gasteiger partial charge in [0.05, 0.1) is 7.11 Å². The number of ether oxygens (including phenoxy) is 1. The van der Waals surface area contributed by atoms with E-state index in [1.165, 1.54) is 19.2 Å². The normalized spacial score (nSPS) is 13.0. The molecule has 0 aliphatic heterocycles. The minimum Gasteiger partial charge on any atom is -0.497 e. The third-order valence-corrected chi connectivity index (χ3v) is 2.23. The molecule has 0 aromatic heterocycles. The first kappa shape index (κ1) is 11.0. The Morgan fingerprint density at radius 2 is 1.93 bits per heavy atom. The number of hydrogen-bond donors (Lipinski definition) is 1. The van der Waals surface area contributed by atoms with Gasteiger partial charge in [0, 0.05) is 12.1 Å². The Bertz CT molecular complexity index is 312. The maximum absolute atomic E-state index is 13.1. The number of nitrogens with two attached hydrogens (primary N) is 1. The lowest BCUT2D eigenvalue weighted by atomic mass is 9.97. The zero-order valence-corrected chi connectivity index (χ0v) is 8.75. The molecule has 1 aromatic rings. The summed E-state index contributed by atoms with van der Waals surface area (Å²) in [5.41, 5.74) is 6.68. The minimum atomic E-state index is -0.310. The van der Waals surface area contributed by atoms with Crippen molar-refractivity contribution in [2.24, 2.45) is 11.7 Å². The van der Waals surface area contributed by atoms with E-state index in [2.05, 4.69) is 0 Å². The van der Waals surface area contributed by atoms with Gasteiger partial charge >= 0.3 is 0 Å². The SMILES string of the molecule is COc1cc(F)cc([C@@H](N)C(C)C)c1. The smallest absolute Gasteiger partial charge is 0.127 e. The molecule has 0 aliphatic carbocycles. The van der Waals surface area contributed by atoms with Crippen molar-refractivity contribution in [1.82, 2.24) is 0 Å². The molecule has 0 aliphatic rings. The van der Waals surface area contributed by atoms with E-state index in [4.69, 9.17) is 10.5 Å². The third kappa shape index (κ3) is 2.45. The molecule has 0 saturated carbocycles. The largest absolute Gasteiger partial charge is 0.497 e. The van der Waals surface area contributed by atoms with Gasteiger partial charge in [-0.25, -0.2) is 4.39 Å². The predicted molar refractivity (Wildman–Crippen MR) is 54.7 cm³/mol. The second kappa shape index (κ2) is 4.42. The number of hydrogen-bond acceptors (Lipinski definition) is 2. The standard InChI is InChI=1S/C11H16FNO/c1-7(2)11(13)8-4-9(12)6-10(5-8)14-3/h4-7,11H,13H2,1-3H3/t11-/m0/s1. The van der Waals surface area contributed by atoms with Gasteiger partial charge in [0.2, 0.25) is 0 Å². The molecule has 0 bridgehead atoms. The van der Waals surface area contributed by atoms with Crippen LogP contribution in [0, 0.1) is 11.7 Å². The molecule has 2 nitrogen and oxygen atoms in total. The Balaban J connectivity index is 3.02. The molecule has 0 unspecified atom stereocenters. The van der Waals surface area contributed by atoms with E-state index in [-0.39, 0.29) is 17.8 Å². The zero-order chi connectivity index (χ0) is 10.7. The molecule has 0 radical (unpaired) electrons. The average molecular weight is 197 g/mol. The van der Waals surface area contributed by atoms with E-state index in [0.717, 1.165) is 5.56 Å². The van der Waals surface area contributed by atoms with Crippen molar-refractivity contribution in [2.45, 2.75) is 19.9 Å². The molecule has 0 spiro atoms. The molecule has 1 aromatic carbocycles. The molecule has 0 saturated heterocycles. The topological polar surface area (TPSA) is 35.2 Å². The van der Waals surface area contributed by atoms with Crippen LogP contribution in [0.5, 0.6) is 5.75 Å². The number of methoxy groups -OCH3 is 1. The summed E-state index contributed by atoms with van der Waals surface area (Å²) in [6, 6.07) is 4.41. The summed E-state index contributed by atoms with van der Waals surface area (Å²) in [5.74, 6) is 0.480. The van der Waals surface area contributed by atoms with E-state index in [1.54, 1.807) is 6.07 Å². The zero-order valence-electron chi connectivity index (χ0n) is 8.75. The van der Waals surface area contributed by atoms with Crippen LogP contribution in [0.4, 0.5) is 4.39 Å². The van der Waals surface area contributed by atoms with Crippen molar-refractivity contribution in [3.63, 3.8) is 0 Å². The molecule has 2 N–H and O–H groups in total. The van der Waals surface area contributed by atoms with Gasteiger partial charge in [0.15, 0.2) is 0 Å². The Hall–Kier alpha value is -1.09. The second-order valence-electron chi connectivity index (χ2n) is 3.69. The summed E-state index contributed by atoms with van der Waals surface area (Å²) in [5, 5.41) is 0. The average Bonchev–Trinajstić information content (AvgIpc) is 2.15. The van der Waals surface area contributed by atoms with Crippen LogP contribution in [-0.4, -0.2) is 7.11 Å². The highest BCUT2D eigenvalue weighted by Crippen LogP contribution is 2.24. The molecule has 0 fully saturated rings. The van der Waals surface area contributed by atoms with Crippen molar-refractivity contribution >= 4 is 0 Å². The van der Waals surface area contributed by atoms with Crippen LogP contribution in [0.25, 0.3) is 0 Å². The van der Waals surface area contributed by atoms with Crippen LogP contribution in [0.1, 0.15) is 25.5 Å². The monoisotopic (exact) mass is 197 g/mol. The summed E-state index contributed by atoms with van der Waals surface area (Å²) in [7, 11) is 1.51. The number of halogens is 1. The Kier molecular flexibility index (Phi) is 3.47. The summed E-state index contributed by atoms with van der Waals surface area (Å²) in [4.78, 5) is 0. The van der Waals surface area contributed by atoms with E-state index < -0.39 is 0 Å². The number of benzene rings is 1. The summed E-state index contributed by atoms with van der Waals surface area (Å²) in [6.07, 6.45) is 0. The highest BCUT2D eigenvalue weighted by molar-refractivity contribution is 5.31. The maximum atomic E-state index is 13.1. The molecule has 0 amide bonds. The molecule has 14 heavy (non-hydrogen) atoms. The fraction of sp³-hybridized carbons (Fsp3) is 0.455. The molecule has 78 valence electrons. The van der Waals surface area contributed by atoms with Crippen molar-refractivity contribution < 1.29 is 9.13 Å². The van der Waals surface area contributed by atoms with Crippen molar-refractivity contribution in [2.75, 3.05) is 7.11 Å². The maximum Gasteiger partial charge on any atom is 0.127 e. The van der Waals surface area contributed by atoms with Crippen LogP contribution in [0.3, 0.4) is 0 Å². The van der Waals surface area contributed by atoms with Gasteiger partial charge in [0.1, 0.15) is 11.6 Å². The minimum absolute atomic E-state index is 0.153. The molecular weight excluding hydrogens is 181 g/mol. The summed E-state index contributed by atoms with van der Waals surface area (Å²) >= 11 is 0. The van der Waals surface area contributed by atoms with Gasteiger partial charge in [-0.05, 0) is 23.6 Å². The first-order valence-corrected chi connectivity index (χ1v) is 4.64. The lowest BCUT2D eigenvalue weighted by Crippen LogP contribution is -2.16. The van der Waals surface area contributed by atoms with Crippen molar-refractivity contribution in [3.05, 3.63) is 29.6 Å². The van der Waals surface area contributed by atoms with Crippen molar-refractivity contribution in [1.29, 1.82) is 0 Å². The Morgan fingerprint density at radius 1 is 1.29 bits per heavy atom. The second-order valence-corrected chi connectivity index (χ2v) is 3.69. The Morgan fingerprint density at radius 3 is 2.43 bits per heavy atom. The molecular formula is C11H16FNO. The van der Waals surface area contributed by atoms with Crippen LogP contribution in [0.15, 0.2) is 18.2 Å². The quantitative estimate of drug-likeness (QED) is 0.808. The molecule has 1 atom stereocenters. The molecule has 3 heteroatoms. The van der Waals surface area contributed by atoms with Gasteiger partial charge in [-0.2, -0.15) is 0 Å². The van der Waals surface area contributed by atoms with Gasteiger partial charge in [0.25, 0.3) is 0 Å². The van der Waals surface area contributed by atoms with Crippen LogP contribution in [0.2, 0.25) is 0 Å². The molecule has 1 rings (SSSR count). The van der Waals surface area contributed by atoms with Gasteiger partial charge < -0.3 is 10.5 Å². The third-order valence-electron chi connectivity index (χ3n) is 2.23. The fourth-order valence-electron chi connectivity index (χ4n) is 1.28. The van der Waals surface area contributed by atoms with Crippen LogP contribution >= 0.6 is 0 Å². The van der Waals surface area contributed by atoms with E-state index in [1.807, 2.05) is 13.8 Å². The fourth-order valence-corrected chi connectivity index (χ4v) is 1.28. The summed E-state index contributed by atoms with van der Waals surface area (Å²) < 4.78 is 18.1. The van der Waals surface area contributed by atoms with Gasteiger partial charge in [-0.15, -0.1) is 0 Å².